The van der Waals surface area contributed by atoms with Crippen LogP contribution in [0.15, 0.2) is 42.5 Å². The number of para-hydroxylation sites is 1. The van der Waals surface area contributed by atoms with E-state index >= 15 is 0 Å². The van der Waals surface area contributed by atoms with Crippen LogP contribution in [0.1, 0.15) is 55.1 Å². The Hall–Kier alpha value is -2.87. The molecule has 2 amide bonds. The topological polar surface area (TPSA) is 95.6 Å². The zero-order valence-corrected chi connectivity index (χ0v) is 20.5. The van der Waals surface area contributed by atoms with Crippen molar-refractivity contribution in [2.24, 2.45) is 0 Å². The zero-order chi connectivity index (χ0) is 24.1. The number of carbonyl (C=O) groups excluding carboxylic acids is 2. The fraction of sp³-hybridized carbons (Fsp3) is 0.417. The quantitative estimate of drug-likeness (QED) is 0.623. The Morgan fingerprint density at radius 2 is 1.69 bits per heavy atom. The molecule has 32 heavy (non-hydrogen) atoms. The van der Waals surface area contributed by atoms with Gasteiger partial charge < -0.3 is 10.6 Å². The monoisotopic (exact) mass is 459 g/mol. The summed E-state index contributed by atoms with van der Waals surface area (Å²) in [5, 5.41) is 5.67. The van der Waals surface area contributed by atoms with E-state index in [1.807, 2.05) is 52.8 Å². The van der Waals surface area contributed by atoms with Gasteiger partial charge in [0.05, 0.1) is 23.2 Å². The number of carbonyl (C=O) groups is 2. The molecule has 0 heterocycles. The van der Waals surface area contributed by atoms with Crippen molar-refractivity contribution in [3.05, 3.63) is 59.2 Å². The molecule has 0 saturated heterocycles. The minimum Gasteiger partial charge on any atom is -0.347 e. The average Bonchev–Trinajstić information content (AvgIpc) is 2.65. The van der Waals surface area contributed by atoms with Crippen LogP contribution < -0.4 is 14.9 Å². The van der Waals surface area contributed by atoms with Crippen molar-refractivity contribution in [1.29, 1.82) is 0 Å². The largest absolute Gasteiger partial charge is 0.347 e. The van der Waals surface area contributed by atoms with E-state index in [2.05, 4.69) is 10.6 Å². The van der Waals surface area contributed by atoms with Crippen molar-refractivity contribution in [3.8, 4) is 0 Å². The van der Waals surface area contributed by atoms with E-state index in [0.29, 0.717) is 23.4 Å². The summed E-state index contributed by atoms with van der Waals surface area (Å²) in [6.45, 7) is 9.60. The van der Waals surface area contributed by atoms with Crippen LogP contribution in [0.25, 0.3) is 0 Å². The van der Waals surface area contributed by atoms with Crippen LogP contribution >= 0.6 is 0 Å². The highest BCUT2D eigenvalue weighted by molar-refractivity contribution is 7.92. The zero-order valence-electron chi connectivity index (χ0n) is 19.7. The predicted molar refractivity (Wildman–Crippen MR) is 130 cm³/mol. The summed E-state index contributed by atoms with van der Waals surface area (Å²) in [4.78, 5) is 25.1. The lowest BCUT2D eigenvalue weighted by Gasteiger charge is -2.24. The van der Waals surface area contributed by atoms with E-state index in [9.17, 15) is 18.0 Å². The molecular weight excluding hydrogens is 426 g/mol. The number of nitrogens with zero attached hydrogens (tertiary/aromatic N) is 1. The molecule has 0 aliphatic heterocycles. The predicted octanol–water partition coefficient (Wildman–Crippen LogP) is 4.02. The van der Waals surface area contributed by atoms with Crippen molar-refractivity contribution in [3.63, 3.8) is 0 Å². The molecule has 0 saturated carbocycles. The van der Waals surface area contributed by atoms with E-state index in [1.165, 1.54) is 10.6 Å². The highest BCUT2D eigenvalue weighted by atomic mass is 32.2. The van der Waals surface area contributed by atoms with Gasteiger partial charge in [0.15, 0.2) is 0 Å². The molecule has 0 spiro atoms. The third-order valence-electron chi connectivity index (χ3n) is 4.73. The molecular formula is C24H33N3O4S. The third-order valence-corrected chi connectivity index (χ3v) is 5.91. The number of benzene rings is 2. The number of sulfonamides is 1. The molecule has 7 nitrogen and oxygen atoms in total. The number of amides is 2. The molecule has 0 fully saturated rings. The maximum Gasteiger partial charge on any atom is 0.253 e. The average molecular weight is 460 g/mol. The van der Waals surface area contributed by atoms with E-state index in [4.69, 9.17) is 0 Å². The van der Waals surface area contributed by atoms with Gasteiger partial charge in [-0.25, -0.2) is 8.42 Å². The normalized spacial score (nSPS) is 11.7. The van der Waals surface area contributed by atoms with E-state index in [0.717, 1.165) is 11.1 Å². The van der Waals surface area contributed by atoms with Gasteiger partial charge in [0.1, 0.15) is 0 Å². The Kier molecular flexibility index (Phi) is 8.07. The summed E-state index contributed by atoms with van der Waals surface area (Å²) in [5.41, 5.74) is 2.83. The molecule has 0 radical (unpaired) electrons. The number of nitrogens with one attached hydrogen (secondary N) is 2. The first-order chi connectivity index (χ1) is 14.8. The Morgan fingerprint density at radius 1 is 1.03 bits per heavy atom. The molecule has 0 aliphatic carbocycles. The second-order valence-corrected chi connectivity index (χ2v) is 10.9. The molecule has 0 bridgehead atoms. The first-order valence-corrected chi connectivity index (χ1v) is 12.4. The number of anilines is 2. The Labute approximate surface area is 191 Å². The van der Waals surface area contributed by atoms with Crippen LogP contribution in [0.3, 0.4) is 0 Å². The van der Waals surface area contributed by atoms with E-state index in [1.54, 1.807) is 24.3 Å². The van der Waals surface area contributed by atoms with Crippen LogP contribution in [0.2, 0.25) is 0 Å². The number of hydrogen-bond acceptors (Lipinski definition) is 4. The van der Waals surface area contributed by atoms with Crippen molar-refractivity contribution in [1.82, 2.24) is 5.32 Å². The molecule has 0 atom stereocenters. The maximum absolute atomic E-state index is 12.6. The van der Waals surface area contributed by atoms with Gasteiger partial charge in [0.25, 0.3) is 5.91 Å². The second kappa shape index (κ2) is 10.2. The summed E-state index contributed by atoms with van der Waals surface area (Å²) in [6.07, 6.45) is 1.62. The first kappa shape index (κ1) is 25.4. The molecule has 0 unspecified atom stereocenters. The molecule has 174 valence electrons. The lowest BCUT2D eigenvalue weighted by Crippen LogP contribution is -2.40. The molecule has 2 N–H and O–H groups in total. The summed E-state index contributed by atoms with van der Waals surface area (Å²) < 4.78 is 26.1. The lowest BCUT2D eigenvalue weighted by molar-refractivity contribution is -0.116. The van der Waals surface area contributed by atoms with Crippen molar-refractivity contribution < 1.29 is 18.0 Å². The van der Waals surface area contributed by atoms with Crippen LogP contribution in [0.5, 0.6) is 0 Å². The summed E-state index contributed by atoms with van der Waals surface area (Å²) in [7, 11) is -3.50. The van der Waals surface area contributed by atoms with Crippen LogP contribution in [0.4, 0.5) is 11.4 Å². The number of rotatable bonds is 8. The Morgan fingerprint density at radius 3 is 2.31 bits per heavy atom. The molecule has 0 aliphatic rings. The molecule has 2 rings (SSSR count). The van der Waals surface area contributed by atoms with Gasteiger partial charge >= 0.3 is 0 Å². The minimum atomic E-state index is -3.50. The van der Waals surface area contributed by atoms with Gasteiger partial charge in [-0.2, -0.15) is 0 Å². The SMILES string of the molecule is Cc1ccc(C)c(N(CCCC(=O)Nc2ccccc2C(=O)NC(C)(C)C)S(C)(=O)=O)c1. The van der Waals surface area contributed by atoms with Gasteiger partial charge in [0, 0.05) is 18.5 Å². The third kappa shape index (κ3) is 7.37. The van der Waals surface area contributed by atoms with Gasteiger partial charge in [-0.05, 0) is 70.4 Å². The number of aryl methyl sites for hydroxylation is 2. The standard InChI is InChI=1S/C24H33N3O4S/c1-17-13-14-18(2)21(16-17)27(32(6,30)31)15-9-12-22(28)25-20-11-8-7-10-19(20)23(29)26-24(3,4)5/h7-8,10-11,13-14,16H,9,12,15H2,1-6H3,(H,25,28)(H,26,29). The maximum atomic E-state index is 12.6. The van der Waals surface area contributed by atoms with Gasteiger partial charge in [-0.15, -0.1) is 0 Å². The van der Waals surface area contributed by atoms with Crippen molar-refractivity contribution >= 4 is 33.2 Å². The summed E-state index contributed by atoms with van der Waals surface area (Å²) in [6, 6.07) is 12.5. The summed E-state index contributed by atoms with van der Waals surface area (Å²) in [5.74, 6) is -0.554. The Bertz CT molecular complexity index is 1090. The number of hydrogen-bond donors (Lipinski definition) is 2. The minimum absolute atomic E-state index is 0.117. The molecule has 2 aromatic carbocycles. The van der Waals surface area contributed by atoms with E-state index in [-0.39, 0.29) is 24.8 Å². The highest BCUT2D eigenvalue weighted by Crippen LogP contribution is 2.24. The second-order valence-electron chi connectivity index (χ2n) is 9.03. The van der Waals surface area contributed by atoms with Crippen LogP contribution in [-0.4, -0.2) is 38.6 Å². The smallest absolute Gasteiger partial charge is 0.253 e. The van der Waals surface area contributed by atoms with Crippen LogP contribution in [0, 0.1) is 13.8 Å². The van der Waals surface area contributed by atoms with Gasteiger partial charge in [-0.3, -0.25) is 13.9 Å². The molecule has 2 aromatic rings. The van der Waals surface area contributed by atoms with Gasteiger partial charge in [-0.1, -0.05) is 24.3 Å². The highest BCUT2D eigenvalue weighted by Gasteiger charge is 2.21. The first-order valence-electron chi connectivity index (χ1n) is 10.5. The van der Waals surface area contributed by atoms with Crippen molar-refractivity contribution in [2.45, 2.75) is 53.0 Å². The van der Waals surface area contributed by atoms with Gasteiger partial charge in [0.2, 0.25) is 15.9 Å². The fourth-order valence-electron chi connectivity index (χ4n) is 3.25. The molecule has 0 aromatic heterocycles. The molecule has 8 heteroatoms. The van der Waals surface area contributed by atoms with E-state index < -0.39 is 15.6 Å². The summed E-state index contributed by atoms with van der Waals surface area (Å²) >= 11 is 0. The van der Waals surface area contributed by atoms with Crippen molar-refractivity contribution in [2.75, 3.05) is 22.4 Å². The Balaban J connectivity index is 2.07. The van der Waals surface area contributed by atoms with Crippen LogP contribution in [-0.2, 0) is 14.8 Å². The lowest BCUT2D eigenvalue weighted by atomic mass is 10.1. The fourth-order valence-corrected chi connectivity index (χ4v) is 4.26.